The number of hydrogen-bond donors (Lipinski definition) is 2. The molecule has 1 atom stereocenters. The molecule has 0 spiro atoms. The summed E-state index contributed by atoms with van der Waals surface area (Å²) in [5, 5.41) is 6.63. The number of halogens is 1. The third-order valence-electron chi connectivity index (χ3n) is 5.94. The van der Waals surface area contributed by atoms with Gasteiger partial charge in [-0.1, -0.05) is 11.6 Å². The van der Waals surface area contributed by atoms with Crippen LogP contribution in [-0.2, 0) is 16.5 Å². The highest BCUT2D eigenvalue weighted by molar-refractivity contribution is 7.95. The van der Waals surface area contributed by atoms with Gasteiger partial charge in [-0.25, -0.2) is 13.6 Å². The molecule has 0 radical (unpaired) electrons. The van der Waals surface area contributed by atoms with Gasteiger partial charge in [0.05, 0.1) is 22.2 Å². The minimum absolute atomic E-state index is 0.284. The Hall–Kier alpha value is -1.35. The molecule has 3 aliphatic heterocycles. The summed E-state index contributed by atoms with van der Waals surface area (Å²) in [6.07, 6.45) is 6.75. The third kappa shape index (κ3) is 3.03. The van der Waals surface area contributed by atoms with E-state index >= 15 is 0 Å². The molecular weight excluding hydrogens is 402 g/mol. The predicted molar refractivity (Wildman–Crippen MR) is 111 cm³/mol. The molecule has 1 unspecified atom stereocenters. The third-order valence-corrected chi connectivity index (χ3v) is 9.01. The molecule has 1 aromatic heterocycles. The summed E-state index contributed by atoms with van der Waals surface area (Å²) in [7, 11) is -2.72. The highest BCUT2D eigenvalue weighted by Gasteiger charge is 2.43. The van der Waals surface area contributed by atoms with Crippen LogP contribution in [0.4, 0.5) is 10.8 Å². The van der Waals surface area contributed by atoms with Gasteiger partial charge in [-0.05, 0) is 56.5 Å². The number of fused-ring (bicyclic) bond motifs is 2. The second-order valence-corrected chi connectivity index (χ2v) is 10.7. The molecule has 2 saturated heterocycles. The first kappa shape index (κ1) is 17.7. The summed E-state index contributed by atoms with van der Waals surface area (Å²) in [5.74, 6) is 0. The van der Waals surface area contributed by atoms with Crippen LogP contribution >= 0.6 is 22.9 Å². The highest BCUT2D eigenvalue weighted by Crippen LogP contribution is 2.40. The van der Waals surface area contributed by atoms with Crippen molar-refractivity contribution in [1.82, 2.24) is 9.88 Å². The Balaban J connectivity index is 1.38. The van der Waals surface area contributed by atoms with Crippen LogP contribution in [-0.4, -0.2) is 39.3 Å². The van der Waals surface area contributed by atoms with Crippen molar-refractivity contribution in [1.29, 1.82) is 0 Å². The van der Waals surface area contributed by atoms with Crippen LogP contribution in [0.1, 0.15) is 31.2 Å². The summed E-state index contributed by atoms with van der Waals surface area (Å²) in [6, 6.07) is 3.82. The van der Waals surface area contributed by atoms with Crippen molar-refractivity contribution in [3.8, 4) is 0 Å². The monoisotopic (exact) mass is 423 g/mol. The Morgan fingerprint density at radius 2 is 2.11 bits per heavy atom. The fourth-order valence-electron chi connectivity index (χ4n) is 4.60. The van der Waals surface area contributed by atoms with Crippen LogP contribution in [0.3, 0.4) is 0 Å². The number of anilines is 2. The van der Waals surface area contributed by atoms with Crippen LogP contribution in [0, 0.1) is 0 Å². The summed E-state index contributed by atoms with van der Waals surface area (Å²) >= 11 is 7.97. The Morgan fingerprint density at radius 3 is 2.85 bits per heavy atom. The highest BCUT2D eigenvalue weighted by atomic mass is 35.5. The molecule has 2 fully saturated rings. The molecule has 2 aromatic rings. The Kier molecular flexibility index (Phi) is 4.34. The number of benzene rings is 1. The lowest BCUT2D eigenvalue weighted by Gasteiger charge is -2.32. The van der Waals surface area contributed by atoms with Crippen LogP contribution in [0.25, 0.3) is 0 Å². The number of thiazole rings is 1. The largest absolute Gasteiger partial charge is 0.382 e. The maximum atomic E-state index is 13.3. The first-order chi connectivity index (χ1) is 13.1. The minimum Gasteiger partial charge on any atom is -0.382 e. The zero-order valence-electron chi connectivity index (χ0n) is 14.9. The van der Waals surface area contributed by atoms with E-state index in [0.717, 1.165) is 17.8 Å². The molecule has 1 aromatic carbocycles. The molecule has 4 heterocycles. The van der Waals surface area contributed by atoms with Crippen LogP contribution in [0.2, 0.25) is 5.02 Å². The van der Waals surface area contributed by atoms with E-state index in [1.807, 2.05) is 11.4 Å². The van der Waals surface area contributed by atoms with Crippen molar-refractivity contribution in [3.63, 3.8) is 0 Å². The van der Waals surface area contributed by atoms with E-state index in [0.29, 0.717) is 21.6 Å². The van der Waals surface area contributed by atoms with Gasteiger partial charge in [-0.2, -0.15) is 0 Å². The lowest BCUT2D eigenvalue weighted by molar-refractivity contribution is 0.209. The first-order valence-corrected chi connectivity index (χ1v) is 12.1. The quantitative estimate of drug-likeness (QED) is 0.755. The van der Waals surface area contributed by atoms with Gasteiger partial charge in [0, 0.05) is 23.7 Å². The van der Waals surface area contributed by atoms with Crippen LogP contribution in [0.15, 0.2) is 33.0 Å². The Labute approximate surface area is 168 Å². The Bertz CT molecular complexity index is 974. The molecule has 0 aliphatic carbocycles. The number of hydrogen-bond acceptors (Lipinski definition) is 6. The molecule has 3 aliphatic rings. The van der Waals surface area contributed by atoms with E-state index in [-0.39, 0.29) is 5.54 Å². The van der Waals surface area contributed by atoms with Crippen molar-refractivity contribution >= 4 is 43.7 Å². The molecule has 144 valence electrons. The molecule has 6 nitrogen and oxygen atoms in total. The van der Waals surface area contributed by atoms with Gasteiger partial charge in [0.1, 0.15) is 0 Å². The average Bonchev–Trinajstić information content (AvgIpc) is 3.39. The number of rotatable bonds is 5. The van der Waals surface area contributed by atoms with Gasteiger partial charge in [-0.3, -0.25) is 9.62 Å². The zero-order valence-corrected chi connectivity index (χ0v) is 17.3. The van der Waals surface area contributed by atoms with E-state index in [9.17, 15) is 4.21 Å². The van der Waals surface area contributed by atoms with Crippen molar-refractivity contribution in [2.45, 2.75) is 42.7 Å². The zero-order chi connectivity index (χ0) is 18.5. The first-order valence-electron chi connectivity index (χ1n) is 9.30. The summed E-state index contributed by atoms with van der Waals surface area (Å²) in [6.45, 7) is 3.76. The van der Waals surface area contributed by atoms with Gasteiger partial charge in [0.15, 0.2) is 15.0 Å². The summed E-state index contributed by atoms with van der Waals surface area (Å²) < 4.78 is 20.6. The molecule has 0 bridgehead atoms. The van der Waals surface area contributed by atoms with Gasteiger partial charge in [0.25, 0.3) is 0 Å². The molecule has 9 heteroatoms. The van der Waals surface area contributed by atoms with E-state index < -0.39 is 9.92 Å². The molecule has 0 saturated carbocycles. The fraction of sp³-hybridized carbons (Fsp3) is 0.500. The minimum atomic E-state index is -2.72. The topological polar surface area (TPSA) is 69.6 Å². The van der Waals surface area contributed by atoms with Gasteiger partial charge < -0.3 is 5.32 Å². The van der Waals surface area contributed by atoms with Crippen molar-refractivity contribution in [2.75, 3.05) is 29.7 Å². The molecule has 5 rings (SSSR count). The van der Waals surface area contributed by atoms with Gasteiger partial charge >= 0.3 is 0 Å². The lowest BCUT2D eigenvalue weighted by atomic mass is 9.94. The van der Waals surface area contributed by atoms with Crippen molar-refractivity contribution in [2.24, 2.45) is 4.36 Å². The fourth-order valence-corrected chi connectivity index (χ4v) is 7.48. The predicted octanol–water partition coefficient (Wildman–Crippen LogP) is 4.20. The van der Waals surface area contributed by atoms with E-state index in [4.69, 9.17) is 11.6 Å². The maximum absolute atomic E-state index is 13.3. The SMILES string of the molecule is O=S1(Nc2nccs2)=NCc2cc(NCC34CCCN3CCC4)c(Cl)cc21. The van der Waals surface area contributed by atoms with Crippen molar-refractivity contribution < 1.29 is 4.21 Å². The van der Waals surface area contributed by atoms with E-state index in [1.165, 1.54) is 50.1 Å². The molecule has 2 N–H and O–H groups in total. The van der Waals surface area contributed by atoms with Crippen molar-refractivity contribution in [3.05, 3.63) is 34.3 Å². The standard InChI is InChI=1S/C18H22ClN5OS2/c19-14-10-16-13(11-22-27(16,25)23-17-20-5-8-26-17)9-15(14)21-12-18-3-1-6-24(18)7-2-4-18/h5,8-10,21H,1-4,6-7,11-12H2,(H,20,22,23,25). The molecule has 0 amide bonds. The smallest absolute Gasteiger partial charge is 0.195 e. The summed E-state index contributed by atoms with van der Waals surface area (Å²) in [5.41, 5.74) is 2.16. The number of nitrogens with one attached hydrogen (secondary N) is 2. The second kappa shape index (κ2) is 6.62. The lowest BCUT2D eigenvalue weighted by Crippen LogP contribution is -2.44. The Morgan fingerprint density at radius 1 is 1.30 bits per heavy atom. The van der Waals surface area contributed by atoms with Crippen LogP contribution in [0.5, 0.6) is 0 Å². The van der Waals surface area contributed by atoms with E-state index in [2.05, 4.69) is 24.3 Å². The molecule has 27 heavy (non-hydrogen) atoms. The maximum Gasteiger partial charge on any atom is 0.195 e. The second-order valence-electron chi connectivity index (χ2n) is 7.46. The average molecular weight is 424 g/mol. The molecular formula is C18H22ClN5OS2. The summed E-state index contributed by atoms with van der Waals surface area (Å²) in [4.78, 5) is 7.46. The van der Waals surface area contributed by atoms with E-state index in [1.54, 1.807) is 12.3 Å². The number of aromatic nitrogens is 1. The number of nitrogens with zero attached hydrogens (tertiary/aromatic N) is 3. The van der Waals surface area contributed by atoms with Gasteiger partial charge in [-0.15, -0.1) is 11.3 Å². The van der Waals surface area contributed by atoms with Gasteiger partial charge in [0.2, 0.25) is 0 Å². The normalized spacial score (nSPS) is 25.8. The van der Waals surface area contributed by atoms with Crippen LogP contribution < -0.4 is 10.0 Å².